The summed E-state index contributed by atoms with van der Waals surface area (Å²) < 4.78 is 15.2. The second-order valence-electron chi connectivity index (χ2n) is 13.9. The van der Waals surface area contributed by atoms with Crippen molar-refractivity contribution in [2.75, 3.05) is 0 Å². The highest BCUT2D eigenvalue weighted by Crippen LogP contribution is 2.37. The third-order valence-corrected chi connectivity index (χ3v) is 10.9. The van der Waals surface area contributed by atoms with Gasteiger partial charge in [-0.25, -0.2) is 4.98 Å². The molecular weight excluding hydrogens is 768 g/mol. The number of rotatable bonds is 3. The number of furan rings is 2. The summed E-state index contributed by atoms with van der Waals surface area (Å²) in [5.41, 5.74) is 8.91. The molecule has 274 valence electrons. The summed E-state index contributed by atoms with van der Waals surface area (Å²) in [4.78, 5) is 9.59. The maximum absolute atomic E-state index is 6.30. The van der Waals surface area contributed by atoms with E-state index in [4.69, 9.17) is 13.8 Å². The van der Waals surface area contributed by atoms with Crippen molar-refractivity contribution in [1.29, 1.82) is 0 Å². The van der Waals surface area contributed by atoms with Crippen molar-refractivity contribution in [3.8, 4) is 17.1 Å². The SMILES string of the molecule is Brc1cccc2c1oc1ccccc12.C1=CC2N=C(c3ccccc3)NC2C=C1.c1ccc(-c2nc3ccccc3n2-c2cccc3c2oc2ccccc23)cc1. The van der Waals surface area contributed by atoms with Crippen LogP contribution in [-0.2, 0) is 0 Å². The van der Waals surface area contributed by atoms with E-state index in [0.29, 0.717) is 6.04 Å². The third kappa shape index (κ3) is 6.52. The van der Waals surface area contributed by atoms with Crippen molar-refractivity contribution < 1.29 is 8.83 Å². The number of aliphatic imine (C=N–C) groups is 1. The van der Waals surface area contributed by atoms with Crippen LogP contribution in [-0.4, -0.2) is 27.5 Å². The highest BCUT2D eigenvalue weighted by Gasteiger charge is 2.26. The molecule has 0 fully saturated rings. The van der Waals surface area contributed by atoms with Crippen molar-refractivity contribution in [2.45, 2.75) is 12.1 Å². The van der Waals surface area contributed by atoms with E-state index in [1.165, 1.54) is 5.39 Å². The first-order chi connectivity index (χ1) is 28.2. The van der Waals surface area contributed by atoms with Gasteiger partial charge in [0.05, 0.1) is 33.3 Å². The summed E-state index contributed by atoms with van der Waals surface area (Å²) in [5, 5.41) is 8.00. The minimum atomic E-state index is 0.269. The number of imidazole rings is 1. The van der Waals surface area contributed by atoms with Crippen LogP contribution in [0.2, 0.25) is 0 Å². The fraction of sp³-hybridized carbons (Fsp3) is 0.0400. The van der Waals surface area contributed by atoms with Gasteiger partial charge in [0.15, 0.2) is 5.58 Å². The number of nitrogens with zero attached hydrogens (tertiary/aromatic N) is 3. The van der Waals surface area contributed by atoms with Gasteiger partial charge in [-0.2, -0.15) is 0 Å². The van der Waals surface area contributed by atoms with Crippen LogP contribution < -0.4 is 5.32 Å². The van der Waals surface area contributed by atoms with Gasteiger partial charge in [-0.1, -0.05) is 158 Å². The number of halogens is 1. The summed E-state index contributed by atoms with van der Waals surface area (Å²) in [5.74, 6) is 1.91. The number of amidine groups is 1. The molecule has 0 bridgehead atoms. The molecule has 4 heterocycles. The van der Waals surface area contributed by atoms with Crippen LogP contribution >= 0.6 is 15.9 Å². The molecule has 12 rings (SSSR count). The lowest BCUT2D eigenvalue weighted by Crippen LogP contribution is -2.33. The Bertz CT molecular complexity index is 3140. The summed E-state index contributed by atoms with van der Waals surface area (Å²) in [6.07, 6.45) is 8.41. The molecule has 3 aromatic heterocycles. The number of nitrogens with one attached hydrogen (secondary N) is 1. The predicted octanol–water partition coefficient (Wildman–Crippen LogP) is 12.8. The van der Waals surface area contributed by atoms with Crippen molar-refractivity contribution in [3.05, 3.63) is 204 Å². The Labute approximate surface area is 337 Å². The van der Waals surface area contributed by atoms with Gasteiger partial charge >= 0.3 is 0 Å². The Morgan fingerprint density at radius 3 is 1.84 bits per heavy atom. The first-order valence-electron chi connectivity index (χ1n) is 18.9. The molecule has 0 spiro atoms. The highest BCUT2D eigenvalue weighted by atomic mass is 79.9. The van der Waals surface area contributed by atoms with Gasteiger partial charge < -0.3 is 14.2 Å². The maximum atomic E-state index is 6.30. The van der Waals surface area contributed by atoms with E-state index in [-0.39, 0.29) is 6.04 Å². The van der Waals surface area contributed by atoms with E-state index >= 15 is 0 Å². The fourth-order valence-corrected chi connectivity index (χ4v) is 8.07. The summed E-state index contributed by atoms with van der Waals surface area (Å²) >= 11 is 3.48. The average molecular weight is 804 g/mol. The lowest BCUT2D eigenvalue weighted by atomic mass is 10.1. The Hall–Kier alpha value is -6.96. The van der Waals surface area contributed by atoms with Gasteiger partial charge in [0.1, 0.15) is 28.4 Å². The normalized spacial score (nSPS) is 15.6. The van der Waals surface area contributed by atoms with Crippen LogP contribution in [0.5, 0.6) is 0 Å². The molecule has 0 radical (unpaired) electrons. The molecule has 2 atom stereocenters. The van der Waals surface area contributed by atoms with Crippen LogP contribution in [0.4, 0.5) is 0 Å². The van der Waals surface area contributed by atoms with E-state index < -0.39 is 0 Å². The van der Waals surface area contributed by atoms with Gasteiger partial charge in [0.25, 0.3) is 0 Å². The molecule has 7 aromatic carbocycles. The number of para-hydroxylation sites is 6. The lowest BCUT2D eigenvalue weighted by molar-refractivity contribution is 0.666. The molecule has 1 aliphatic heterocycles. The second kappa shape index (κ2) is 14.9. The zero-order valence-electron chi connectivity index (χ0n) is 30.7. The van der Waals surface area contributed by atoms with E-state index in [0.717, 1.165) is 82.5 Å². The van der Waals surface area contributed by atoms with Gasteiger partial charge in [-0.3, -0.25) is 9.56 Å². The van der Waals surface area contributed by atoms with Gasteiger partial charge in [-0.05, 0) is 52.3 Å². The van der Waals surface area contributed by atoms with Crippen molar-refractivity contribution >= 4 is 76.7 Å². The molecule has 0 saturated heterocycles. The van der Waals surface area contributed by atoms with Gasteiger partial charge in [-0.15, -0.1) is 0 Å². The zero-order chi connectivity index (χ0) is 38.1. The van der Waals surface area contributed by atoms with E-state index in [2.05, 4.69) is 128 Å². The van der Waals surface area contributed by atoms with Crippen LogP contribution in [0.15, 0.2) is 212 Å². The largest absolute Gasteiger partial charge is 0.455 e. The topological polar surface area (TPSA) is 68.5 Å². The summed E-state index contributed by atoms with van der Waals surface area (Å²) in [6, 6.07) is 58.0. The molecule has 57 heavy (non-hydrogen) atoms. The Morgan fingerprint density at radius 1 is 0.526 bits per heavy atom. The van der Waals surface area contributed by atoms with Crippen LogP contribution in [0.25, 0.3) is 72.0 Å². The molecule has 6 nitrogen and oxygen atoms in total. The first kappa shape index (κ1) is 34.5. The van der Waals surface area contributed by atoms with Crippen LogP contribution in [0.1, 0.15) is 5.56 Å². The van der Waals surface area contributed by atoms with Crippen LogP contribution in [0.3, 0.4) is 0 Å². The number of hydrogen-bond donors (Lipinski definition) is 1. The molecule has 7 heteroatoms. The number of allylic oxidation sites excluding steroid dienone is 2. The summed E-state index contributed by atoms with van der Waals surface area (Å²) in [6.45, 7) is 0. The molecule has 2 aliphatic rings. The Morgan fingerprint density at radius 2 is 1.11 bits per heavy atom. The minimum Gasteiger partial charge on any atom is -0.455 e. The number of fused-ring (bicyclic) bond motifs is 8. The quantitative estimate of drug-likeness (QED) is 0.193. The van der Waals surface area contributed by atoms with E-state index in [1.54, 1.807) is 0 Å². The van der Waals surface area contributed by atoms with Crippen molar-refractivity contribution in [2.24, 2.45) is 4.99 Å². The second-order valence-corrected chi connectivity index (χ2v) is 14.7. The maximum Gasteiger partial charge on any atom is 0.159 e. The Kier molecular flexibility index (Phi) is 9.05. The first-order valence-corrected chi connectivity index (χ1v) is 19.7. The number of benzene rings is 7. The summed E-state index contributed by atoms with van der Waals surface area (Å²) in [7, 11) is 0. The van der Waals surface area contributed by atoms with Gasteiger partial charge in [0, 0.05) is 32.7 Å². The molecule has 2 unspecified atom stereocenters. The molecule has 1 N–H and O–H groups in total. The predicted molar refractivity (Wildman–Crippen MR) is 237 cm³/mol. The van der Waals surface area contributed by atoms with E-state index in [1.807, 2.05) is 97.1 Å². The fourth-order valence-electron chi connectivity index (χ4n) is 7.62. The molecule has 1 aliphatic carbocycles. The molecule has 10 aromatic rings. The number of aromatic nitrogens is 2. The molecule has 0 saturated carbocycles. The van der Waals surface area contributed by atoms with Crippen LogP contribution in [0, 0.1) is 0 Å². The number of hydrogen-bond acceptors (Lipinski definition) is 5. The van der Waals surface area contributed by atoms with Crippen molar-refractivity contribution in [1.82, 2.24) is 14.9 Å². The lowest BCUT2D eigenvalue weighted by Gasteiger charge is -2.13. The van der Waals surface area contributed by atoms with Gasteiger partial charge in [0.2, 0.25) is 0 Å². The van der Waals surface area contributed by atoms with E-state index in [9.17, 15) is 0 Å². The zero-order valence-corrected chi connectivity index (χ0v) is 32.3. The standard InChI is InChI=1S/C25H16N2O.C13H12N2.C12H7BrO/c1-2-9-17(10-3-1)25-26-20-13-5-6-14-21(20)27(25)22-15-8-12-19-18-11-4-7-16-23(18)28-24(19)22;1-2-6-10(7-3-1)13-14-11-8-4-5-9-12(11)15-13;13-10-6-3-5-9-8-4-1-2-7-11(8)14-12(9)10/h1-16H;1-9,11-12H,(H,14,15);1-7H. The van der Waals surface area contributed by atoms with Crippen molar-refractivity contribution in [3.63, 3.8) is 0 Å². The highest BCUT2D eigenvalue weighted by molar-refractivity contribution is 9.10. The monoisotopic (exact) mass is 802 g/mol. The third-order valence-electron chi connectivity index (χ3n) is 10.3. The smallest absolute Gasteiger partial charge is 0.159 e. The molecule has 0 amide bonds. The minimum absolute atomic E-state index is 0.269. The Balaban J connectivity index is 0.000000115. The average Bonchev–Trinajstić information content (AvgIpc) is 4.07. The molecular formula is C50H35BrN4O2.